The Labute approximate surface area is 113 Å². The van der Waals surface area contributed by atoms with Gasteiger partial charge >= 0.3 is 0 Å². The van der Waals surface area contributed by atoms with Gasteiger partial charge in [-0.15, -0.1) is 0 Å². The number of hydrogen-bond donors (Lipinski definition) is 2. The summed E-state index contributed by atoms with van der Waals surface area (Å²) in [4.78, 5) is 23.3. The molecule has 0 spiro atoms. The highest BCUT2D eigenvalue weighted by Gasteiger charge is 2.26. The van der Waals surface area contributed by atoms with E-state index in [1.165, 1.54) is 0 Å². The fourth-order valence-corrected chi connectivity index (χ4v) is 2.43. The van der Waals surface area contributed by atoms with E-state index in [1.807, 2.05) is 25.1 Å². The number of carbonyl (C=O) groups excluding carboxylic acids is 2. The lowest BCUT2D eigenvalue weighted by Gasteiger charge is -2.14. The van der Waals surface area contributed by atoms with Gasteiger partial charge in [-0.25, -0.2) is 0 Å². The molecule has 0 unspecified atom stereocenters. The highest BCUT2D eigenvalue weighted by atomic mass is 16.2. The standard InChI is InChI=1S/C15H20N2O2/c1-2-14(18)16-12-8-9-13(10-12)17-15(19)11-6-4-3-5-7-11/h3-7,12-13H,2,8-10H2,1H3,(H,16,18)(H,17,19)/t12-,13+/m0/s1. The average Bonchev–Trinajstić information content (AvgIpc) is 2.86. The van der Waals surface area contributed by atoms with E-state index in [1.54, 1.807) is 12.1 Å². The third-order valence-electron chi connectivity index (χ3n) is 3.49. The van der Waals surface area contributed by atoms with Crippen LogP contribution in [0, 0.1) is 0 Å². The summed E-state index contributed by atoms with van der Waals surface area (Å²) in [5.41, 5.74) is 0.684. The van der Waals surface area contributed by atoms with Crippen molar-refractivity contribution >= 4 is 11.8 Å². The summed E-state index contributed by atoms with van der Waals surface area (Å²) in [6.07, 6.45) is 3.20. The lowest BCUT2D eigenvalue weighted by atomic mass is 10.2. The summed E-state index contributed by atoms with van der Waals surface area (Å²) >= 11 is 0. The smallest absolute Gasteiger partial charge is 0.251 e. The van der Waals surface area contributed by atoms with E-state index in [0.29, 0.717) is 12.0 Å². The molecule has 1 fully saturated rings. The van der Waals surface area contributed by atoms with E-state index < -0.39 is 0 Å². The van der Waals surface area contributed by atoms with Crippen molar-refractivity contribution in [3.8, 4) is 0 Å². The van der Waals surface area contributed by atoms with Crippen molar-refractivity contribution in [3.05, 3.63) is 35.9 Å². The second-order valence-corrected chi connectivity index (χ2v) is 4.97. The van der Waals surface area contributed by atoms with Crippen molar-refractivity contribution in [1.29, 1.82) is 0 Å². The molecule has 4 heteroatoms. The third-order valence-corrected chi connectivity index (χ3v) is 3.49. The van der Waals surface area contributed by atoms with E-state index in [4.69, 9.17) is 0 Å². The quantitative estimate of drug-likeness (QED) is 0.868. The van der Waals surface area contributed by atoms with Crippen LogP contribution in [0.1, 0.15) is 43.0 Å². The Morgan fingerprint density at radius 3 is 2.37 bits per heavy atom. The summed E-state index contributed by atoms with van der Waals surface area (Å²) in [7, 11) is 0. The number of nitrogens with one attached hydrogen (secondary N) is 2. The van der Waals surface area contributed by atoms with Crippen LogP contribution in [-0.4, -0.2) is 23.9 Å². The molecule has 2 rings (SSSR count). The molecular formula is C15H20N2O2. The summed E-state index contributed by atoms with van der Waals surface area (Å²) in [5, 5.41) is 6.01. The van der Waals surface area contributed by atoms with Crippen LogP contribution in [0.4, 0.5) is 0 Å². The monoisotopic (exact) mass is 260 g/mol. The molecule has 1 aromatic rings. The molecule has 2 atom stereocenters. The average molecular weight is 260 g/mol. The second-order valence-electron chi connectivity index (χ2n) is 4.97. The summed E-state index contributed by atoms with van der Waals surface area (Å²) < 4.78 is 0. The molecule has 1 aromatic carbocycles. The van der Waals surface area contributed by atoms with Gasteiger partial charge in [0.1, 0.15) is 0 Å². The molecule has 0 radical (unpaired) electrons. The first-order valence-corrected chi connectivity index (χ1v) is 6.84. The molecule has 102 valence electrons. The molecule has 1 saturated carbocycles. The predicted molar refractivity (Wildman–Crippen MR) is 73.8 cm³/mol. The Balaban J connectivity index is 1.82. The van der Waals surface area contributed by atoms with E-state index >= 15 is 0 Å². The predicted octanol–water partition coefficient (Wildman–Crippen LogP) is 1.86. The van der Waals surface area contributed by atoms with Gasteiger partial charge in [-0.1, -0.05) is 25.1 Å². The van der Waals surface area contributed by atoms with Gasteiger partial charge in [0, 0.05) is 24.1 Å². The van der Waals surface area contributed by atoms with Gasteiger partial charge < -0.3 is 10.6 Å². The molecule has 19 heavy (non-hydrogen) atoms. The van der Waals surface area contributed by atoms with Gasteiger partial charge in [0.2, 0.25) is 5.91 Å². The fourth-order valence-electron chi connectivity index (χ4n) is 2.43. The minimum atomic E-state index is -0.0342. The van der Waals surface area contributed by atoms with Gasteiger partial charge in [-0.2, -0.15) is 0 Å². The molecule has 4 nitrogen and oxygen atoms in total. The van der Waals surface area contributed by atoms with Gasteiger partial charge in [0.05, 0.1) is 0 Å². The number of amides is 2. The SMILES string of the molecule is CCC(=O)N[C@H]1CC[C@@H](NC(=O)c2ccccc2)C1. The fraction of sp³-hybridized carbons (Fsp3) is 0.467. The zero-order valence-corrected chi connectivity index (χ0v) is 11.2. The number of hydrogen-bond acceptors (Lipinski definition) is 2. The van der Waals surface area contributed by atoms with Crippen LogP contribution in [0.2, 0.25) is 0 Å². The zero-order valence-electron chi connectivity index (χ0n) is 11.2. The van der Waals surface area contributed by atoms with Crippen LogP contribution in [0.15, 0.2) is 30.3 Å². The lowest BCUT2D eigenvalue weighted by molar-refractivity contribution is -0.121. The first kappa shape index (κ1) is 13.6. The van der Waals surface area contributed by atoms with Crippen LogP contribution in [0.5, 0.6) is 0 Å². The summed E-state index contributed by atoms with van der Waals surface area (Å²) in [5.74, 6) is 0.0492. The summed E-state index contributed by atoms with van der Waals surface area (Å²) in [6.45, 7) is 1.85. The Kier molecular flexibility index (Phi) is 4.55. The Morgan fingerprint density at radius 2 is 1.74 bits per heavy atom. The molecule has 0 aromatic heterocycles. The van der Waals surface area contributed by atoms with Gasteiger partial charge in [0.25, 0.3) is 5.91 Å². The Morgan fingerprint density at radius 1 is 1.11 bits per heavy atom. The number of carbonyl (C=O) groups is 2. The second kappa shape index (κ2) is 6.36. The number of benzene rings is 1. The maximum Gasteiger partial charge on any atom is 0.251 e. The highest BCUT2D eigenvalue weighted by Crippen LogP contribution is 2.19. The Hall–Kier alpha value is -1.84. The van der Waals surface area contributed by atoms with E-state index in [9.17, 15) is 9.59 Å². The van der Waals surface area contributed by atoms with Crippen molar-refractivity contribution in [3.63, 3.8) is 0 Å². The molecule has 0 saturated heterocycles. The topological polar surface area (TPSA) is 58.2 Å². The minimum Gasteiger partial charge on any atom is -0.353 e. The first-order valence-electron chi connectivity index (χ1n) is 6.84. The maximum absolute atomic E-state index is 12.0. The van der Waals surface area contributed by atoms with E-state index in [-0.39, 0.29) is 23.9 Å². The molecule has 0 heterocycles. The van der Waals surface area contributed by atoms with Crippen LogP contribution in [0.25, 0.3) is 0 Å². The van der Waals surface area contributed by atoms with E-state index in [2.05, 4.69) is 10.6 Å². The summed E-state index contributed by atoms with van der Waals surface area (Å²) in [6, 6.07) is 9.58. The highest BCUT2D eigenvalue weighted by molar-refractivity contribution is 5.94. The van der Waals surface area contributed by atoms with Crippen molar-refractivity contribution in [2.75, 3.05) is 0 Å². The molecule has 2 amide bonds. The molecule has 1 aliphatic carbocycles. The molecule has 0 aliphatic heterocycles. The van der Waals surface area contributed by atoms with Gasteiger partial charge in [-0.3, -0.25) is 9.59 Å². The molecule has 0 bridgehead atoms. The van der Waals surface area contributed by atoms with Crippen LogP contribution >= 0.6 is 0 Å². The zero-order chi connectivity index (χ0) is 13.7. The lowest BCUT2D eigenvalue weighted by Crippen LogP contribution is -2.36. The van der Waals surface area contributed by atoms with Crippen LogP contribution in [0.3, 0.4) is 0 Å². The van der Waals surface area contributed by atoms with Crippen molar-refractivity contribution < 1.29 is 9.59 Å². The van der Waals surface area contributed by atoms with Crippen molar-refractivity contribution in [1.82, 2.24) is 10.6 Å². The molecule has 1 aliphatic rings. The molecular weight excluding hydrogens is 240 g/mol. The minimum absolute atomic E-state index is 0.0342. The first-order chi connectivity index (χ1) is 9.19. The number of rotatable bonds is 4. The third kappa shape index (κ3) is 3.81. The van der Waals surface area contributed by atoms with Crippen molar-refractivity contribution in [2.24, 2.45) is 0 Å². The van der Waals surface area contributed by atoms with Gasteiger partial charge in [-0.05, 0) is 31.4 Å². The normalized spacial score (nSPS) is 21.9. The van der Waals surface area contributed by atoms with Crippen LogP contribution < -0.4 is 10.6 Å². The maximum atomic E-state index is 12.0. The van der Waals surface area contributed by atoms with Crippen molar-refractivity contribution in [2.45, 2.75) is 44.7 Å². The van der Waals surface area contributed by atoms with E-state index in [0.717, 1.165) is 19.3 Å². The largest absolute Gasteiger partial charge is 0.353 e. The Bertz CT molecular complexity index is 445. The molecule has 2 N–H and O–H groups in total. The van der Waals surface area contributed by atoms with Crippen LogP contribution in [-0.2, 0) is 4.79 Å². The van der Waals surface area contributed by atoms with Gasteiger partial charge in [0.15, 0.2) is 0 Å².